The van der Waals surface area contributed by atoms with Gasteiger partial charge in [0.05, 0.1) is 11.4 Å². The Hall–Kier alpha value is -2.67. The molecule has 26 heavy (non-hydrogen) atoms. The second-order valence-corrected chi connectivity index (χ2v) is 6.68. The molecular weight excluding hydrogens is 401 g/mol. The van der Waals surface area contributed by atoms with Crippen LogP contribution in [0, 0.1) is 12.7 Å². The first-order valence-electron chi connectivity index (χ1n) is 8.02. The first-order chi connectivity index (χ1) is 12.5. The highest BCUT2D eigenvalue weighted by Gasteiger charge is 2.09. The van der Waals surface area contributed by atoms with Crippen molar-refractivity contribution in [1.82, 2.24) is 10.3 Å². The van der Waals surface area contributed by atoms with Gasteiger partial charge in [0, 0.05) is 23.0 Å². The summed E-state index contributed by atoms with van der Waals surface area (Å²) in [6.07, 6.45) is 2.08. The van der Waals surface area contributed by atoms with Gasteiger partial charge in [0.25, 0.3) is 0 Å². The van der Waals surface area contributed by atoms with Crippen LogP contribution in [0.2, 0.25) is 0 Å². The number of urea groups is 1. The van der Waals surface area contributed by atoms with E-state index in [1.54, 1.807) is 12.3 Å². The fourth-order valence-corrected chi connectivity index (χ4v) is 2.65. The highest BCUT2D eigenvalue weighted by atomic mass is 79.9. The summed E-state index contributed by atoms with van der Waals surface area (Å²) in [7, 11) is 0. The van der Waals surface area contributed by atoms with Crippen molar-refractivity contribution in [2.45, 2.75) is 13.3 Å². The molecule has 0 radical (unpaired) electrons. The van der Waals surface area contributed by atoms with E-state index in [1.807, 2.05) is 31.2 Å². The number of carbonyl (C=O) groups excluding carboxylic acids is 1. The smallest absolute Gasteiger partial charge is 0.319 e. The quantitative estimate of drug-likeness (QED) is 0.619. The highest BCUT2D eigenvalue weighted by Crippen LogP contribution is 2.20. The van der Waals surface area contributed by atoms with E-state index in [0.717, 1.165) is 16.8 Å². The van der Waals surface area contributed by atoms with Crippen LogP contribution in [-0.2, 0) is 6.42 Å². The van der Waals surface area contributed by atoms with Crippen molar-refractivity contribution in [1.29, 1.82) is 0 Å². The van der Waals surface area contributed by atoms with Crippen LogP contribution in [0.25, 0.3) is 11.5 Å². The fraction of sp³-hybridized carbons (Fsp3) is 0.158. The molecule has 1 aromatic heterocycles. The topological polar surface area (TPSA) is 67.2 Å². The first kappa shape index (κ1) is 18.1. The van der Waals surface area contributed by atoms with Crippen LogP contribution < -0.4 is 10.6 Å². The van der Waals surface area contributed by atoms with Crippen molar-refractivity contribution in [3.05, 3.63) is 70.3 Å². The van der Waals surface area contributed by atoms with Crippen molar-refractivity contribution in [2.24, 2.45) is 0 Å². The molecule has 7 heteroatoms. The van der Waals surface area contributed by atoms with E-state index in [4.69, 9.17) is 4.42 Å². The Morgan fingerprint density at radius 2 is 2.00 bits per heavy atom. The SMILES string of the molecule is Cc1ccc(-c2nc(CCNC(=O)Nc3ccc(Br)cc3F)co2)cc1. The Balaban J connectivity index is 1.50. The standard InChI is InChI=1S/C19H17BrFN3O2/c1-12-2-4-13(5-3-12)18-23-15(11-26-18)8-9-22-19(25)24-17-7-6-14(20)10-16(17)21/h2-7,10-11H,8-9H2,1H3,(H2,22,24,25). The van der Waals surface area contributed by atoms with Gasteiger partial charge < -0.3 is 15.1 Å². The lowest BCUT2D eigenvalue weighted by Gasteiger charge is -2.08. The highest BCUT2D eigenvalue weighted by molar-refractivity contribution is 9.10. The Labute approximate surface area is 158 Å². The maximum Gasteiger partial charge on any atom is 0.319 e. The first-order valence-corrected chi connectivity index (χ1v) is 8.82. The van der Waals surface area contributed by atoms with E-state index in [2.05, 4.69) is 31.5 Å². The van der Waals surface area contributed by atoms with Gasteiger partial charge in [-0.3, -0.25) is 0 Å². The number of carbonyl (C=O) groups is 1. The number of oxazole rings is 1. The maximum atomic E-state index is 13.7. The number of aromatic nitrogens is 1. The molecular formula is C19H17BrFN3O2. The third-order valence-electron chi connectivity index (χ3n) is 3.70. The normalized spacial score (nSPS) is 10.6. The van der Waals surface area contributed by atoms with E-state index in [9.17, 15) is 9.18 Å². The number of hydrogen-bond acceptors (Lipinski definition) is 3. The van der Waals surface area contributed by atoms with Crippen molar-refractivity contribution in [2.75, 3.05) is 11.9 Å². The molecule has 0 bridgehead atoms. The lowest BCUT2D eigenvalue weighted by atomic mass is 10.1. The second kappa shape index (κ2) is 8.14. The van der Waals surface area contributed by atoms with E-state index < -0.39 is 11.8 Å². The summed E-state index contributed by atoms with van der Waals surface area (Å²) in [5.74, 6) is 0.0372. The number of nitrogens with zero attached hydrogens (tertiary/aromatic N) is 1. The van der Waals surface area contributed by atoms with Crippen LogP contribution in [0.4, 0.5) is 14.9 Å². The molecule has 0 fully saturated rings. The predicted octanol–water partition coefficient (Wildman–Crippen LogP) is 4.92. The van der Waals surface area contributed by atoms with Gasteiger partial charge >= 0.3 is 6.03 Å². The third kappa shape index (κ3) is 4.70. The summed E-state index contributed by atoms with van der Waals surface area (Å²) in [4.78, 5) is 16.3. The molecule has 0 saturated carbocycles. The van der Waals surface area contributed by atoms with Gasteiger partial charge in [-0.15, -0.1) is 0 Å². The van der Waals surface area contributed by atoms with Gasteiger partial charge in [0.1, 0.15) is 12.1 Å². The lowest BCUT2D eigenvalue weighted by molar-refractivity contribution is 0.252. The summed E-state index contributed by atoms with van der Waals surface area (Å²) >= 11 is 3.17. The Kier molecular flexibility index (Phi) is 5.68. The van der Waals surface area contributed by atoms with Crippen LogP contribution in [-0.4, -0.2) is 17.6 Å². The molecule has 0 atom stereocenters. The van der Waals surface area contributed by atoms with E-state index in [0.29, 0.717) is 23.3 Å². The molecule has 2 N–H and O–H groups in total. The molecule has 0 unspecified atom stereocenters. The van der Waals surface area contributed by atoms with E-state index in [-0.39, 0.29) is 5.69 Å². The van der Waals surface area contributed by atoms with Crippen molar-refractivity contribution in [3.8, 4) is 11.5 Å². The zero-order valence-electron chi connectivity index (χ0n) is 14.1. The molecule has 0 aliphatic rings. The lowest BCUT2D eigenvalue weighted by Crippen LogP contribution is -2.30. The zero-order chi connectivity index (χ0) is 18.5. The van der Waals surface area contributed by atoms with Crippen LogP contribution in [0.5, 0.6) is 0 Å². The van der Waals surface area contributed by atoms with Crippen molar-refractivity contribution >= 4 is 27.6 Å². The van der Waals surface area contributed by atoms with Gasteiger partial charge in [-0.1, -0.05) is 33.6 Å². The summed E-state index contributed by atoms with van der Waals surface area (Å²) in [5.41, 5.74) is 2.92. The van der Waals surface area contributed by atoms with Crippen LogP contribution >= 0.6 is 15.9 Å². The number of rotatable bonds is 5. The fourth-order valence-electron chi connectivity index (χ4n) is 2.31. The van der Waals surface area contributed by atoms with E-state index >= 15 is 0 Å². The number of halogens is 2. The Bertz CT molecular complexity index is 909. The number of nitrogens with one attached hydrogen (secondary N) is 2. The number of amides is 2. The minimum atomic E-state index is -0.506. The molecule has 0 aliphatic heterocycles. The van der Waals surface area contributed by atoms with Crippen molar-refractivity contribution < 1.29 is 13.6 Å². The minimum Gasteiger partial charge on any atom is -0.444 e. The summed E-state index contributed by atoms with van der Waals surface area (Å²) < 4.78 is 19.8. The molecule has 2 aromatic carbocycles. The number of anilines is 1. The van der Waals surface area contributed by atoms with E-state index in [1.165, 1.54) is 12.1 Å². The summed E-state index contributed by atoms with van der Waals surface area (Å²) in [5, 5.41) is 5.14. The second-order valence-electron chi connectivity index (χ2n) is 5.77. The molecule has 3 rings (SSSR count). The minimum absolute atomic E-state index is 0.119. The predicted molar refractivity (Wildman–Crippen MR) is 102 cm³/mol. The molecule has 3 aromatic rings. The zero-order valence-corrected chi connectivity index (χ0v) is 15.6. The van der Waals surface area contributed by atoms with Gasteiger partial charge in [0.15, 0.2) is 0 Å². The molecule has 0 aliphatic carbocycles. The molecule has 5 nitrogen and oxygen atoms in total. The van der Waals surface area contributed by atoms with Gasteiger partial charge in [-0.25, -0.2) is 14.2 Å². The monoisotopic (exact) mass is 417 g/mol. The third-order valence-corrected chi connectivity index (χ3v) is 4.19. The molecule has 2 amide bonds. The van der Waals surface area contributed by atoms with Gasteiger partial charge in [0.2, 0.25) is 5.89 Å². The molecule has 0 saturated heterocycles. The largest absolute Gasteiger partial charge is 0.444 e. The average molecular weight is 418 g/mol. The van der Waals surface area contributed by atoms with Gasteiger partial charge in [-0.2, -0.15) is 0 Å². The molecule has 1 heterocycles. The number of benzene rings is 2. The van der Waals surface area contributed by atoms with Gasteiger partial charge in [-0.05, 0) is 37.3 Å². The average Bonchev–Trinajstić information content (AvgIpc) is 3.07. The Morgan fingerprint density at radius 1 is 1.23 bits per heavy atom. The number of aryl methyl sites for hydroxylation is 1. The summed E-state index contributed by atoms with van der Waals surface area (Å²) in [6.45, 7) is 2.37. The summed E-state index contributed by atoms with van der Waals surface area (Å²) in [6, 6.07) is 11.8. The van der Waals surface area contributed by atoms with Crippen LogP contribution in [0.1, 0.15) is 11.3 Å². The van der Waals surface area contributed by atoms with Crippen LogP contribution in [0.3, 0.4) is 0 Å². The Morgan fingerprint density at radius 3 is 2.73 bits per heavy atom. The van der Waals surface area contributed by atoms with Crippen molar-refractivity contribution in [3.63, 3.8) is 0 Å². The molecule has 134 valence electrons. The maximum absolute atomic E-state index is 13.7. The number of hydrogen-bond donors (Lipinski definition) is 2. The van der Waals surface area contributed by atoms with Crippen LogP contribution in [0.15, 0.2) is 57.6 Å². The molecule has 0 spiro atoms.